The molecule has 20 heavy (non-hydrogen) atoms. The fourth-order valence-corrected chi connectivity index (χ4v) is 2.15. The molecular formula is C17H20FNO. The van der Waals surface area contributed by atoms with Crippen LogP contribution in [0.3, 0.4) is 0 Å². The first-order valence-electron chi connectivity index (χ1n) is 6.73. The maximum atomic E-state index is 13.4. The summed E-state index contributed by atoms with van der Waals surface area (Å²) in [6, 6.07) is 12.0. The van der Waals surface area contributed by atoms with E-state index in [1.54, 1.807) is 6.07 Å². The van der Waals surface area contributed by atoms with Crippen molar-refractivity contribution in [3.05, 3.63) is 65.0 Å². The summed E-state index contributed by atoms with van der Waals surface area (Å²) in [5, 5.41) is 0. The molecule has 0 radical (unpaired) electrons. The third-order valence-corrected chi connectivity index (χ3v) is 3.46. The molecule has 0 bridgehead atoms. The van der Waals surface area contributed by atoms with Crippen LogP contribution in [0.1, 0.15) is 29.7 Å². The van der Waals surface area contributed by atoms with E-state index in [-0.39, 0.29) is 18.0 Å². The number of halogens is 1. The van der Waals surface area contributed by atoms with Crippen LogP contribution in [0, 0.1) is 19.7 Å². The van der Waals surface area contributed by atoms with Crippen molar-refractivity contribution >= 4 is 0 Å². The summed E-state index contributed by atoms with van der Waals surface area (Å²) in [5.41, 5.74) is 8.99. The molecule has 2 rings (SSSR count). The molecule has 0 aliphatic carbocycles. The van der Waals surface area contributed by atoms with E-state index in [2.05, 4.69) is 0 Å². The monoisotopic (exact) mass is 273 g/mol. The molecule has 3 heteroatoms. The summed E-state index contributed by atoms with van der Waals surface area (Å²) >= 11 is 0. The van der Waals surface area contributed by atoms with Gasteiger partial charge in [0, 0.05) is 6.04 Å². The highest BCUT2D eigenvalue weighted by molar-refractivity contribution is 5.39. The SMILES string of the molecule is Cc1cccc(OC(c2cccc(F)c2)C(C)N)c1C. The van der Waals surface area contributed by atoms with Gasteiger partial charge in [-0.15, -0.1) is 0 Å². The van der Waals surface area contributed by atoms with Gasteiger partial charge in [-0.05, 0) is 55.7 Å². The Morgan fingerprint density at radius 2 is 1.80 bits per heavy atom. The van der Waals surface area contributed by atoms with Gasteiger partial charge in [0.05, 0.1) is 0 Å². The van der Waals surface area contributed by atoms with E-state index in [0.717, 1.165) is 22.4 Å². The van der Waals surface area contributed by atoms with Gasteiger partial charge in [0.25, 0.3) is 0 Å². The lowest BCUT2D eigenvalue weighted by Gasteiger charge is -2.24. The number of hydrogen-bond donors (Lipinski definition) is 1. The quantitative estimate of drug-likeness (QED) is 0.916. The molecule has 0 amide bonds. The maximum Gasteiger partial charge on any atom is 0.139 e. The van der Waals surface area contributed by atoms with Crippen molar-refractivity contribution in [1.29, 1.82) is 0 Å². The van der Waals surface area contributed by atoms with Crippen LogP contribution in [0.15, 0.2) is 42.5 Å². The predicted molar refractivity (Wildman–Crippen MR) is 79.3 cm³/mol. The Hall–Kier alpha value is -1.87. The van der Waals surface area contributed by atoms with E-state index in [1.165, 1.54) is 12.1 Å². The smallest absolute Gasteiger partial charge is 0.139 e. The minimum atomic E-state index is -0.369. The van der Waals surface area contributed by atoms with Gasteiger partial charge in [0.15, 0.2) is 0 Å². The summed E-state index contributed by atoms with van der Waals surface area (Å²) in [5.74, 6) is 0.509. The van der Waals surface area contributed by atoms with Crippen molar-refractivity contribution in [2.24, 2.45) is 5.73 Å². The highest BCUT2D eigenvalue weighted by Crippen LogP contribution is 2.28. The lowest BCUT2D eigenvalue weighted by Crippen LogP contribution is -2.29. The maximum absolute atomic E-state index is 13.4. The second-order valence-corrected chi connectivity index (χ2v) is 5.15. The molecule has 2 aromatic rings. The Morgan fingerprint density at radius 1 is 1.10 bits per heavy atom. The van der Waals surface area contributed by atoms with Gasteiger partial charge in [-0.3, -0.25) is 0 Å². The second-order valence-electron chi connectivity index (χ2n) is 5.15. The number of benzene rings is 2. The summed E-state index contributed by atoms with van der Waals surface area (Å²) in [7, 11) is 0. The van der Waals surface area contributed by atoms with Crippen molar-refractivity contribution in [2.75, 3.05) is 0 Å². The van der Waals surface area contributed by atoms with Gasteiger partial charge in [-0.1, -0.05) is 24.3 Å². The second kappa shape index (κ2) is 6.06. The molecule has 2 aromatic carbocycles. The van der Waals surface area contributed by atoms with Crippen LogP contribution in [0.25, 0.3) is 0 Å². The van der Waals surface area contributed by atoms with Crippen molar-refractivity contribution in [1.82, 2.24) is 0 Å². The number of aryl methyl sites for hydroxylation is 1. The molecule has 106 valence electrons. The molecule has 2 unspecified atom stereocenters. The molecule has 2 nitrogen and oxygen atoms in total. The first-order chi connectivity index (χ1) is 9.49. The zero-order chi connectivity index (χ0) is 14.7. The van der Waals surface area contributed by atoms with Crippen LogP contribution in [0.4, 0.5) is 4.39 Å². The predicted octanol–water partition coefficient (Wildman–Crippen LogP) is 3.91. The van der Waals surface area contributed by atoms with Crippen LogP contribution >= 0.6 is 0 Å². The molecule has 0 aliphatic heterocycles. The van der Waals surface area contributed by atoms with Crippen molar-refractivity contribution in [3.8, 4) is 5.75 Å². The number of hydrogen-bond acceptors (Lipinski definition) is 2. The summed E-state index contributed by atoms with van der Waals surface area (Å²) in [6.45, 7) is 5.90. The number of nitrogens with two attached hydrogens (primary N) is 1. The Balaban J connectivity index is 2.33. The normalized spacial score (nSPS) is 13.8. The van der Waals surface area contributed by atoms with Gasteiger partial charge in [0.2, 0.25) is 0 Å². The molecule has 2 N–H and O–H groups in total. The Labute approximate surface area is 119 Å². The van der Waals surface area contributed by atoms with Crippen molar-refractivity contribution in [2.45, 2.75) is 32.9 Å². The first kappa shape index (κ1) is 14.5. The lowest BCUT2D eigenvalue weighted by molar-refractivity contribution is 0.178. The first-order valence-corrected chi connectivity index (χ1v) is 6.73. The van der Waals surface area contributed by atoms with Crippen LogP contribution < -0.4 is 10.5 Å². The highest BCUT2D eigenvalue weighted by atomic mass is 19.1. The summed E-state index contributed by atoms with van der Waals surface area (Å²) in [6.07, 6.45) is -0.369. The Morgan fingerprint density at radius 3 is 2.45 bits per heavy atom. The Kier molecular flexibility index (Phi) is 4.40. The zero-order valence-corrected chi connectivity index (χ0v) is 12.1. The molecule has 0 aliphatic rings. The summed E-state index contributed by atoms with van der Waals surface area (Å²) < 4.78 is 19.4. The minimum absolute atomic E-state index is 0.239. The van der Waals surface area contributed by atoms with E-state index in [4.69, 9.17) is 10.5 Å². The van der Waals surface area contributed by atoms with Gasteiger partial charge in [0.1, 0.15) is 17.7 Å². The molecular weight excluding hydrogens is 253 g/mol. The highest BCUT2D eigenvalue weighted by Gasteiger charge is 2.19. The average molecular weight is 273 g/mol. The van der Waals surface area contributed by atoms with E-state index < -0.39 is 0 Å². The van der Waals surface area contributed by atoms with E-state index >= 15 is 0 Å². The van der Waals surface area contributed by atoms with Crippen LogP contribution in [-0.2, 0) is 0 Å². The molecule has 0 spiro atoms. The van der Waals surface area contributed by atoms with Crippen molar-refractivity contribution in [3.63, 3.8) is 0 Å². The molecule has 0 saturated heterocycles. The van der Waals surface area contributed by atoms with E-state index in [0.29, 0.717) is 0 Å². The molecule has 0 aromatic heterocycles. The average Bonchev–Trinajstić information content (AvgIpc) is 2.40. The van der Waals surface area contributed by atoms with Crippen molar-refractivity contribution < 1.29 is 9.13 Å². The van der Waals surface area contributed by atoms with Crippen LogP contribution in [-0.4, -0.2) is 6.04 Å². The van der Waals surface area contributed by atoms with Gasteiger partial charge >= 0.3 is 0 Å². The van der Waals surface area contributed by atoms with Gasteiger partial charge < -0.3 is 10.5 Å². The van der Waals surface area contributed by atoms with E-state index in [9.17, 15) is 4.39 Å². The van der Waals surface area contributed by atoms with Crippen LogP contribution in [0.5, 0.6) is 5.75 Å². The fourth-order valence-electron chi connectivity index (χ4n) is 2.15. The van der Waals surface area contributed by atoms with E-state index in [1.807, 2.05) is 45.0 Å². The summed E-state index contributed by atoms with van der Waals surface area (Å²) in [4.78, 5) is 0. The fraction of sp³-hybridized carbons (Fsp3) is 0.294. The lowest BCUT2D eigenvalue weighted by atomic mass is 10.0. The zero-order valence-electron chi connectivity index (χ0n) is 12.1. The Bertz CT molecular complexity index is 595. The standard InChI is InChI=1S/C17H20FNO/c1-11-6-4-9-16(12(11)2)20-17(13(3)19)14-7-5-8-15(18)10-14/h4-10,13,17H,19H2,1-3H3. The minimum Gasteiger partial charge on any atom is -0.484 e. The van der Waals surface area contributed by atoms with Crippen LogP contribution in [0.2, 0.25) is 0 Å². The van der Waals surface area contributed by atoms with Gasteiger partial charge in [-0.25, -0.2) is 4.39 Å². The number of rotatable bonds is 4. The number of ether oxygens (including phenoxy) is 1. The molecule has 0 heterocycles. The third-order valence-electron chi connectivity index (χ3n) is 3.46. The largest absolute Gasteiger partial charge is 0.484 e. The molecule has 0 saturated carbocycles. The molecule has 0 fully saturated rings. The van der Waals surface area contributed by atoms with Gasteiger partial charge in [-0.2, -0.15) is 0 Å². The molecule has 2 atom stereocenters. The third kappa shape index (κ3) is 3.17. The topological polar surface area (TPSA) is 35.2 Å².